The minimum Gasteiger partial charge on any atom is -0.399 e. The first-order chi connectivity index (χ1) is 8.19. The summed E-state index contributed by atoms with van der Waals surface area (Å²) in [5, 5.41) is 0. The van der Waals surface area contributed by atoms with E-state index in [0.717, 1.165) is 23.3 Å². The van der Waals surface area contributed by atoms with Gasteiger partial charge < -0.3 is 10.3 Å². The molecule has 0 saturated carbocycles. The molecule has 17 heavy (non-hydrogen) atoms. The van der Waals surface area contributed by atoms with E-state index in [4.69, 9.17) is 5.73 Å². The molecule has 0 aromatic carbocycles. The third-order valence-electron chi connectivity index (χ3n) is 3.24. The first-order valence-corrected chi connectivity index (χ1v) is 5.62. The van der Waals surface area contributed by atoms with Crippen molar-refractivity contribution in [2.75, 3.05) is 0 Å². The van der Waals surface area contributed by atoms with E-state index in [1.54, 1.807) is 6.20 Å². The van der Waals surface area contributed by atoms with E-state index in [0.29, 0.717) is 0 Å². The molecule has 0 amide bonds. The van der Waals surface area contributed by atoms with Crippen LogP contribution in [-0.2, 0) is 5.54 Å². The Morgan fingerprint density at radius 1 is 1.41 bits per heavy atom. The van der Waals surface area contributed by atoms with Gasteiger partial charge in [-0.1, -0.05) is 12.2 Å². The molecule has 0 saturated heterocycles. The number of nitrogens with zero attached hydrogens (tertiary/aromatic N) is 3. The van der Waals surface area contributed by atoms with E-state index >= 15 is 0 Å². The molecule has 0 aliphatic heterocycles. The van der Waals surface area contributed by atoms with Gasteiger partial charge in [-0.05, 0) is 31.6 Å². The average molecular weight is 226 g/mol. The van der Waals surface area contributed by atoms with Crippen LogP contribution in [0.1, 0.15) is 13.3 Å². The van der Waals surface area contributed by atoms with Gasteiger partial charge in [0.2, 0.25) is 0 Å². The predicted molar refractivity (Wildman–Crippen MR) is 67.2 cm³/mol. The second kappa shape index (κ2) is 3.45. The Kier molecular flexibility index (Phi) is 2.04. The number of pyridine rings is 1. The van der Waals surface area contributed by atoms with Crippen molar-refractivity contribution in [2.45, 2.75) is 18.9 Å². The lowest BCUT2D eigenvalue weighted by atomic mass is 9.92. The zero-order chi connectivity index (χ0) is 11.9. The van der Waals surface area contributed by atoms with Gasteiger partial charge in [0.1, 0.15) is 5.52 Å². The minimum atomic E-state index is -0.133. The highest BCUT2D eigenvalue weighted by Gasteiger charge is 2.26. The van der Waals surface area contributed by atoms with E-state index in [1.165, 1.54) is 0 Å². The van der Waals surface area contributed by atoms with Crippen molar-refractivity contribution in [2.24, 2.45) is 5.73 Å². The van der Waals surface area contributed by atoms with Gasteiger partial charge in [0, 0.05) is 11.9 Å². The topological polar surface area (TPSA) is 56.7 Å². The summed E-state index contributed by atoms with van der Waals surface area (Å²) in [5.41, 5.74) is 8.27. The standard InChI is InChI=1S/C13H14N4/c1-13(6-4-10(14)5-7-13)17-9-16-11-3-2-8-15-12(11)17/h2-6,8-9H,7,14H2,1H3. The van der Waals surface area contributed by atoms with Crippen LogP contribution in [0.4, 0.5) is 0 Å². The van der Waals surface area contributed by atoms with Crippen molar-refractivity contribution in [1.82, 2.24) is 14.5 Å². The summed E-state index contributed by atoms with van der Waals surface area (Å²) in [7, 11) is 0. The van der Waals surface area contributed by atoms with Crippen LogP contribution in [0.25, 0.3) is 11.2 Å². The van der Waals surface area contributed by atoms with Gasteiger partial charge in [-0.2, -0.15) is 0 Å². The van der Waals surface area contributed by atoms with Crippen molar-refractivity contribution in [3.63, 3.8) is 0 Å². The van der Waals surface area contributed by atoms with Gasteiger partial charge in [0.15, 0.2) is 5.65 Å². The first kappa shape index (κ1) is 10.1. The Balaban J connectivity index is 2.13. The monoisotopic (exact) mass is 226 g/mol. The lowest BCUT2D eigenvalue weighted by Crippen LogP contribution is -2.28. The molecule has 4 heteroatoms. The molecule has 1 aliphatic carbocycles. The number of aromatic nitrogens is 3. The van der Waals surface area contributed by atoms with Crippen molar-refractivity contribution in [1.29, 1.82) is 0 Å². The van der Waals surface area contributed by atoms with Crippen molar-refractivity contribution in [3.8, 4) is 0 Å². The zero-order valence-electron chi connectivity index (χ0n) is 9.67. The molecule has 2 aromatic rings. The molecule has 0 spiro atoms. The van der Waals surface area contributed by atoms with E-state index in [2.05, 4.69) is 27.5 Å². The number of nitrogens with two attached hydrogens (primary N) is 1. The zero-order valence-corrected chi connectivity index (χ0v) is 9.67. The van der Waals surface area contributed by atoms with E-state index in [-0.39, 0.29) is 5.54 Å². The molecule has 3 rings (SSSR count). The van der Waals surface area contributed by atoms with Crippen LogP contribution in [0, 0.1) is 0 Å². The Morgan fingerprint density at radius 3 is 3.06 bits per heavy atom. The van der Waals surface area contributed by atoms with Gasteiger partial charge in [-0.3, -0.25) is 0 Å². The average Bonchev–Trinajstić information content (AvgIpc) is 2.78. The lowest BCUT2D eigenvalue weighted by molar-refractivity contribution is 0.418. The van der Waals surface area contributed by atoms with Crippen molar-refractivity contribution >= 4 is 11.2 Å². The van der Waals surface area contributed by atoms with Crippen LogP contribution in [0.3, 0.4) is 0 Å². The summed E-state index contributed by atoms with van der Waals surface area (Å²) < 4.78 is 2.10. The number of rotatable bonds is 1. The molecule has 0 fully saturated rings. The molecule has 2 aromatic heterocycles. The summed E-state index contributed by atoms with van der Waals surface area (Å²) in [5.74, 6) is 0. The lowest BCUT2D eigenvalue weighted by Gasteiger charge is -2.29. The van der Waals surface area contributed by atoms with Crippen molar-refractivity contribution < 1.29 is 0 Å². The SMILES string of the molecule is CC1(n2cnc3cccnc32)C=CC(N)=CC1. The third-order valence-corrected chi connectivity index (χ3v) is 3.24. The molecule has 86 valence electrons. The molecule has 0 bridgehead atoms. The van der Waals surface area contributed by atoms with Gasteiger partial charge >= 0.3 is 0 Å². The first-order valence-electron chi connectivity index (χ1n) is 5.62. The molecule has 1 unspecified atom stereocenters. The Bertz CT molecular complexity index is 623. The van der Waals surface area contributed by atoms with Crippen LogP contribution in [0.15, 0.2) is 48.6 Å². The molecule has 1 atom stereocenters. The maximum Gasteiger partial charge on any atom is 0.160 e. The fourth-order valence-electron chi connectivity index (χ4n) is 2.14. The predicted octanol–water partition coefficient (Wildman–Crippen LogP) is 1.95. The quantitative estimate of drug-likeness (QED) is 0.808. The van der Waals surface area contributed by atoms with E-state index in [9.17, 15) is 0 Å². The Labute approximate surface area is 99.5 Å². The molecule has 4 nitrogen and oxygen atoms in total. The molecule has 2 heterocycles. The number of imidazole rings is 1. The van der Waals surface area contributed by atoms with Crippen LogP contribution < -0.4 is 5.73 Å². The maximum atomic E-state index is 5.76. The summed E-state index contributed by atoms with van der Waals surface area (Å²) in [6.45, 7) is 2.15. The largest absolute Gasteiger partial charge is 0.399 e. The number of hydrogen-bond acceptors (Lipinski definition) is 3. The third kappa shape index (κ3) is 1.53. The molecule has 2 N–H and O–H groups in total. The van der Waals surface area contributed by atoms with Gasteiger partial charge in [0.25, 0.3) is 0 Å². The van der Waals surface area contributed by atoms with Crippen LogP contribution in [-0.4, -0.2) is 14.5 Å². The fraction of sp³-hybridized carbons (Fsp3) is 0.231. The Morgan fingerprint density at radius 2 is 2.29 bits per heavy atom. The smallest absolute Gasteiger partial charge is 0.160 e. The molecule has 1 aliphatic rings. The van der Waals surface area contributed by atoms with Crippen LogP contribution >= 0.6 is 0 Å². The molecular weight excluding hydrogens is 212 g/mol. The normalized spacial score (nSPS) is 23.9. The summed E-state index contributed by atoms with van der Waals surface area (Å²) in [6, 6.07) is 3.87. The number of fused-ring (bicyclic) bond motifs is 1. The van der Waals surface area contributed by atoms with E-state index in [1.807, 2.05) is 30.6 Å². The highest BCUT2D eigenvalue weighted by atomic mass is 15.1. The van der Waals surface area contributed by atoms with Gasteiger partial charge in [-0.25, -0.2) is 9.97 Å². The summed E-state index contributed by atoms with van der Waals surface area (Å²) in [6.07, 6.45) is 10.6. The van der Waals surface area contributed by atoms with Crippen LogP contribution in [0.2, 0.25) is 0 Å². The second-order valence-electron chi connectivity index (χ2n) is 4.56. The number of allylic oxidation sites excluding steroid dienone is 3. The van der Waals surface area contributed by atoms with Gasteiger partial charge in [0.05, 0.1) is 11.9 Å². The highest BCUT2D eigenvalue weighted by molar-refractivity contribution is 5.70. The van der Waals surface area contributed by atoms with E-state index < -0.39 is 0 Å². The molecular formula is C13H14N4. The highest BCUT2D eigenvalue weighted by Crippen LogP contribution is 2.29. The fourth-order valence-corrected chi connectivity index (χ4v) is 2.14. The van der Waals surface area contributed by atoms with Crippen LogP contribution in [0.5, 0.6) is 0 Å². The maximum absolute atomic E-state index is 5.76. The van der Waals surface area contributed by atoms with Crippen molar-refractivity contribution in [3.05, 3.63) is 48.6 Å². The number of hydrogen-bond donors (Lipinski definition) is 1. The minimum absolute atomic E-state index is 0.133. The summed E-state index contributed by atoms with van der Waals surface area (Å²) >= 11 is 0. The Hall–Kier alpha value is -2.10. The second-order valence-corrected chi connectivity index (χ2v) is 4.56. The van der Waals surface area contributed by atoms with Gasteiger partial charge in [-0.15, -0.1) is 0 Å². The summed E-state index contributed by atoms with van der Waals surface area (Å²) in [4.78, 5) is 8.77. The molecule has 0 radical (unpaired) electrons.